The van der Waals surface area contributed by atoms with E-state index in [2.05, 4.69) is 32.7 Å². The van der Waals surface area contributed by atoms with Gasteiger partial charge < -0.3 is 19.7 Å². The van der Waals surface area contributed by atoms with Gasteiger partial charge >= 0.3 is 11.9 Å². The van der Waals surface area contributed by atoms with Crippen molar-refractivity contribution >= 4 is 28.9 Å². The molecule has 1 aliphatic heterocycles. The molecule has 1 saturated heterocycles. The largest absolute Gasteiger partial charge is 0.473 e. The fraction of sp³-hybridized carbons (Fsp3) is 0.269. The van der Waals surface area contributed by atoms with Gasteiger partial charge in [-0.2, -0.15) is 5.10 Å². The summed E-state index contributed by atoms with van der Waals surface area (Å²) < 4.78 is 15.4. The first-order valence-electron chi connectivity index (χ1n) is 11.7. The number of nitrogens with zero attached hydrogens (tertiary/aromatic N) is 4. The second-order valence-corrected chi connectivity index (χ2v) is 8.78. The average Bonchev–Trinajstić information content (AvgIpc) is 3.50. The van der Waals surface area contributed by atoms with Crippen molar-refractivity contribution in [2.45, 2.75) is 26.3 Å². The molecular formula is C26H26FN5O5. The number of nitrogens with one attached hydrogen (secondary N) is 1. The van der Waals surface area contributed by atoms with Gasteiger partial charge in [-0.3, -0.25) is 9.89 Å². The number of aromatic amines is 1. The van der Waals surface area contributed by atoms with E-state index in [1.165, 1.54) is 17.6 Å². The number of likely N-dealkylation sites (tertiary alicyclic amines) is 1. The summed E-state index contributed by atoms with van der Waals surface area (Å²) in [6.45, 7) is 4.42. The Kier molecular flexibility index (Phi) is 7.61. The van der Waals surface area contributed by atoms with E-state index >= 15 is 0 Å². The molecule has 1 fully saturated rings. The average molecular weight is 508 g/mol. The second-order valence-electron chi connectivity index (χ2n) is 8.78. The van der Waals surface area contributed by atoms with E-state index in [4.69, 9.17) is 19.8 Å². The van der Waals surface area contributed by atoms with Crippen molar-refractivity contribution in [3.8, 4) is 11.3 Å². The lowest BCUT2D eigenvalue weighted by molar-refractivity contribution is -0.159. The molecule has 1 amide bonds. The number of carboxylic acids is 2. The topological polar surface area (TPSA) is 141 Å². The molecule has 11 heteroatoms. The van der Waals surface area contributed by atoms with E-state index in [0.29, 0.717) is 17.3 Å². The van der Waals surface area contributed by atoms with Crippen LogP contribution in [0.3, 0.4) is 0 Å². The van der Waals surface area contributed by atoms with Crippen LogP contribution < -0.4 is 0 Å². The number of benzene rings is 2. The summed E-state index contributed by atoms with van der Waals surface area (Å²) >= 11 is 0. The fourth-order valence-corrected chi connectivity index (χ4v) is 4.37. The molecule has 3 heterocycles. The van der Waals surface area contributed by atoms with Gasteiger partial charge in [0.2, 0.25) is 0 Å². The highest BCUT2D eigenvalue weighted by atomic mass is 19.1. The maximum Gasteiger partial charge on any atom is 0.414 e. The van der Waals surface area contributed by atoms with Crippen molar-refractivity contribution in [2.24, 2.45) is 5.92 Å². The lowest BCUT2D eigenvalue weighted by Gasteiger charge is -2.32. The van der Waals surface area contributed by atoms with Crippen LogP contribution in [-0.4, -0.2) is 65.8 Å². The molecule has 37 heavy (non-hydrogen) atoms. The molecule has 0 spiro atoms. The van der Waals surface area contributed by atoms with Gasteiger partial charge in [-0.25, -0.2) is 19.0 Å². The van der Waals surface area contributed by atoms with Crippen LogP contribution in [0.15, 0.2) is 54.6 Å². The van der Waals surface area contributed by atoms with Gasteiger partial charge in [-0.15, -0.1) is 0 Å². The molecular weight excluding hydrogens is 481 g/mol. The van der Waals surface area contributed by atoms with E-state index in [-0.39, 0.29) is 11.7 Å². The number of aryl methyl sites for hydroxylation is 1. The van der Waals surface area contributed by atoms with E-state index in [1.54, 1.807) is 18.2 Å². The van der Waals surface area contributed by atoms with E-state index in [1.807, 2.05) is 23.1 Å². The third-order valence-corrected chi connectivity index (χ3v) is 6.32. The zero-order valence-corrected chi connectivity index (χ0v) is 20.1. The van der Waals surface area contributed by atoms with Crippen LogP contribution in [0.5, 0.6) is 0 Å². The number of hydrogen-bond acceptors (Lipinski definition) is 5. The minimum absolute atomic E-state index is 0.0384. The molecule has 0 saturated carbocycles. The minimum Gasteiger partial charge on any atom is -0.473 e. The van der Waals surface area contributed by atoms with E-state index < -0.39 is 11.9 Å². The first kappa shape index (κ1) is 25.5. The third kappa shape index (κ3) is 6.00. The summed E-state index contributed by atoms with van der Waals surface area (Å²) in [4.78, 5) is 37.7. The summed E-state index contributed by atoms with van der Waals surface area (Å²) in [7, 11) is 0. The standard InChI is InChI=1S/C24H24FN5O.C2H2O4/c1-16-26-20-4-2-3-5-23(20)30(16)15-17-10-12-29(13-11-17)24(31)22-14-21(27-28-22)18-6-8-19(25)9-7-18;3-1(4)2(5)6/h2-9,14,17H,10-13,15H2,1H3,(H,27,28);(H,3,4)(H,5,6). The van der Waals surface area contributed by atoms with Gasteiger partial charge in [0.15, 0.2) is 0 Å². The number of para-hydroxylation sites is 2. The highest BCUT2D eigenvalue weighted by Gasteiger charge is 2.26. The van der Waals surface area contributed by atoms with Gasteiger partial charge in [0, 0.05) is 25.2 Å². The van der Waals surface area contributed by atoms with E-state index in [9.17, 15) is 9.18 Å². The number of halogens is 1. The van der Waals surface area contributed by atoms with Gasteiger partial charge in [0.05, 0.1) is 16.7 Å². The quantitative estimate of drug-likeness (QED) is 0.359. The molecule has 192 valence electrons. The lowest BCUT2D eigenvalue weighted by Crippen LogP contribution is -2.39. The molecule has 2 aromatic heterocycles. The van der Waals surface area contributed by atoms with Crippen LogP contribution >= 0.6 is 0 Å². The Morgan fingerprint density at radius 1 is 1.03 bits per heavy atom. The summed E-state index contributed by atoms with van der Waals surface area (Å²) in [5.41, 5.74) is 4.08. The van der Waals surface area contributed by atoms with Crippen LogP contribution in [0.1, 0.15) is 29.2 Å². The number of carboxylic acid groups (broad SMARTS) is 2. The maximum absolute atomic E-state index is 13.1. The highest BCUT2D eigenvalue weighted by molar-refractivity contribution is 6.27. The SMILES string of the molecule is Cc1nc2ccccc2n1CC1CCN(C(=O)c2cc(-c3ccc(F)cc3)n[nH]2)CC1.O=C(O)C(=O)O. The van der Waals surface area contributed by atoms with Gasteiger partial charge in [0.25, 0.3) is 5.91 Å². The van der Waals surface area contributed by atoms with Crippen LogP contribution in [0.4, 0.5) is 4.39 Å². The zero-order chi connectivity index (χ0) is 26.5. The van der Waals surface area contributed by atoms with Crippen LogP contribution in [0, 0.1) is 18.7 Å². The molecule has 3 N–H and O–H groups in total. The number of hydrogen-bond donors (Lipinski definition) is 3. The molecule has 0 bridgehead atoms. The van der Waals surface area contributed by atoms with Crippen molar-refractivity contribution in [1.29, 1.82) is 0 Å². The number of amides is 1. The molecule has 10 nitrogen and oxygen atoms in total. The summed E-state index contributed by atoms with van der Waals surface area (Å²) in [5.74, 6) is -2.44. The molecule has 0 atom stereocenters. The van der Waals surface area contributed by atoms with Crippen LogP contribution in [0.25, 0.3) is 22.3 Å². The van der Waals surface area contributed by atoms with Gasteiger partial charge in [-0.1, -0.05) is 12.1 Å². The molecule has 0 unspecified atom stereocenters. The summed E-state index contributed by atoms with van der Waals surface area (Å²) in [6.07, 6.45) is 1.91. The number of fused-ring (bicyclic) bond motifs is 1. The van der Waals surface area contributed by atoms with E-state index in [0.717, 1.165) is 49.4 Å². The smallest absolute Gasteiger partial charge is 0.414 e. The Hall–Kier alpha value is -4.54. The number of aromatic nitrogens is 4. The molecule has 5 rings (SSSR count). The van der Waals surface area contributed by atoms with Gasteiger partial charge in [-0.05, 0) is 68.1 Å². The highest BCUT2D eigenvalue weighted by Crippen LogP contribution is 2.25. The van der Waals surface area contributed by atoms with Crippen molar-refractivity contribution in [3.05, 3.63) is 71.9 Å². The Morgan fingerprint density at radius 3 is 2.32 bits per heavy atom. The monoisotopic (exact) mass is 507 g/mol. The first-order valence-corrected chi connectivity index (χ1v) is 11.7. The normalized spacial score (nSPS) is 13.7. The number of carbonyl (C=O) groups excluding carboxylic acids is 1. The third-order valence-electron chi connectivity index (χ3n) is 6.32. The molecule has 0 radical (unpaired) electrons. The number of carbonyl (C=O) groups is 3. The van der Waals surface area contributed by atoms with Crippen LogP contribution in [0.2, 0.25) is 0 Å². The Balaban J connectivity index is 0.000000480. The maximum atomic E-state index is 13.1. The predicted octanol–water partition coefficient (Wildman–Crippen LogP) is 3.58. The van der Waals surface area contributed by atoms with Crippen molar-refractivity contribution in [1.82, 2.24) is 24.6 Å². The number of aliphatic carboxylic acids is 2. The Labute approximate surface area is 211 Å². The fourth-order valence-electron chi connectivity index (χ4n) is 4.37. The minimum atomic E-state index is -1.82. The number of imidazole rings is 1. The lowest BCUT2D eigenvalue weighted by atomic mass is 9.96. The molecule has 1 aliphatic rings. The summed E-state index contributed by atoms with van der Waals surface area (Å²) in [6, 6.07) is 16.1. The zero-order valence-electron chi connectivity index (χ0n) is 20.1. The molecule has 4 aromatic rings. The molecule has 0 aliphatic carbocycles. The second kappa shape index (κ2) is 11.0. The Morgan fingerprint density at radius 2 is 1.68 bits per heavy atom. The molecule has 2 aromatic carbocycles. The number of rotatable bonds is 4. The van der Waals surface area contributed by atoms with Crippen molar-refractivity contribution in [3.63, 3.8) is 0 Å². The van der Waals surface area contributed by atoms with Crippen molar-refractivity contribution < 1.29 is 29.0 Å². The number of H-pyrrole nitrogens is 1. The number of piperidine rings is 1. The predicted molar refractivity (Wildman–Crippen MR) is 132 cm³/mol. The summed E-state index contributed by atoms with van der Waals surface area (Å²) in [5, 5.41) is 21.9. The van der Waals surface area contributed by atoms with Gasteiger partial charge in [0.1, 0.15) is 17.3 Å². The Bertz CT molecular complexity index is 1410. The van der Waals surface area contributed by atoms with Crippen molar-refractivity contribution in [2.75, 3.05) is 13.1 Å². The first-order chi connectivity index (χ1) is 17.7. The van der Waals surface area contributed by atoms with Crippen LogP contribution in [-0.2, 0) is 16.1 Å².